The van der Waals surface area contributed by atoms with Gasteiger partial charge in [0, 0.05) is 49.7 Å². The van der Waals surface area contributed by atoms with Crippen LogP contribution in [0.4, 0.5) is 0 Å². The topological polar surface area (TPSA) is 118 Å². The lowest BCUT2D eigenvalue weighted by atomic mass is 10.0. The van der Waals surface area contributed by atoms with E-state index < -0.39 is 0 Å². The van der Waals surface area contributed by atoms with Gasteiger partial charge in [0.1, 0.15) is 0 Å². The van der Waals surface area contributed by atoms with Crippen molar-refractivity contribution >= 4 is 22.5 Å². The number of methoxy groups -OCH3 is 1. The number of amides is 1. The lowest BCUT2D eigenvalue weighted by molar-refractivity contribution is -0.122. The third-order valence-corrected chi connectivity index (χ3v) is 7.39. The highest BCUT2D eigenvalue weighted by atomic mass is 16.7. The SMILES string of the molecule is CNC(=O)COc1cc2c3c(n(CCCN4CCOCC4)c(=O)c2cc1OC)-c1cc2c(cc1C3=O)OCO2. The van der Waals surface area contributed by atoms with Gasteiger partial charge in [-0.25, -0.2) is 0 Å². The highest BCUT2D eigenvalue weighted by Crippen LogP contribution is 2.47. The Morgan fingerprint density at radius 3 is 2.41 bits per heavy atom. The van der Waals surface area contributed by atoms with Crippen molar-refractivity contribution in [1.82, 2.24) is 14.8 Å². The van der Waals surface area contributed by atoms with Crippen LogP contribution < -0.4 is 29.8 Å². The molecule has 1 aromatic heterocycles. The zero-order valence-corrected chi connectivity index (χ0v) is 21.8. The van der Waals surface area contributed by atoms with Gasteiger partial charge >= 0.3 is 0 Å². The molecule has 0 atom stereocenters. The van der Waals surface area contributed by atoms with Crippen LogP contribution in [0.2, 0.25) is 0 Å². The fourth-order valence-corrected chi connectivity index (χ4v) is 5.40. The zero-order valence-electron chi connectivity index (χ0n) is 21.8. The highest BCUT2D eigenvalue weighted by molar-refractivity contribution is 6.27. The lowest BCUT2D eigenvalue weighted by Gasteiger charge is -2.26. The number of pyridine rings is 1. The molecule has 3 heterocycles. The summed E-state index contributed by atoms with van der Waals surface area (Å²) in [6.07, 6.45) is 0.719. The van der Waals surface area contributed by atoms with Crippen molar-refractivity contribution in [3.8, 4) is 34.3 Å². The molecule has 0 radical (unpaired) electrons. The fourth-order valence-electron chi connectivity index (χ4n) is 5.40. The molecule has 0 saturated carbocycles. The second-order valence-electron chi connectivity index (χ2n) is 9.58. The van der Waals surface area contributed by atoms with Crippen molar-refractivity contribution in [3.05, 3.63) is 45.7 Å². The van der Waals surface area contributed by atoms with Crippen LogP contribution >= 0.6 is 0 Å². The van der Waals surface area contributed by atoms with Crippen LogP contribution in [0.5, 0.6) is 23.0 Å². The molecular formula is C28H29N3O8. The number of nitrogens with zero attached hydrogens (tertiary/aromatic N) is 2. The number of morpholine rings is 1. The number of fused-ring (bicyclic) bond motifs is 6. The van der Waals surface area contributed by atoms with Crippen molar-refractivity contribution in [1.29, 1.82) is 0 Å². The van der Waals surface area contributed by atoms with Crippen LogP contribution in [-0.4, -0.2) is 81.6 Å². The third-order valence-electron chi connectivity index (χ3n) is 7.39. The number of benzene rings is 2. The van der Waals surface area contributed by atoms with Gasteiger partial charge in [-0.05, 0) is 30.7 Å². The average Bonchev–Trinajstić information content (AvgIpc) is 3.54. The number of carbonyl (C=O) groups excluding carboxylic acids is 2. The van der Waals surface area contributed by atoms with E-state index in [0.717, 1.165) is 26.1 Å². The first-order chi connectivity index (χ1) is 19.0. The van der Waals surface area contributed by atoms with Gasteiger partial charge in [0.2, 0.25) is 6.79 Å². The Labute approximate surface area is 224 Å². The Balaban J connectivity index is 1.49. The number of ether oxygens (including phenoxy) is 5. The Bertz CT molecular complexity index is 1540. The van der Waals surface area contributed by atoms with E-state index in [9.17, 15) is 14.4 Å². The molecular weight excluding hydrogens is 506 g/mol. The van der Waals surface area contributed by atoms with E-state index in [0.29, 0.717) is 70.2 Å². The van der Waals surface area contributed by atoms with Crippen LogP contribution in [0.25, 0.3) is 22.0 Å². The second kappa shape index (κ2) is 10.2. The van der Waals surface area contributed by atoms with Gasteiger partial charge in [0.15, 0.2) is 35.4 Å². The maximum absolute atomic E-state index is 14.0. The minimum Gasteiger partial charge on any atom is -0.493 e. The first-order valence-electron chi connectivity index (χ1n) is 12.9. The van der Waals surface area contributed by atoms with Gasteiger partial charge in [0.25, 0.3) is 11.5 Å². The number of carbonyl (C=O) groups is 2. The number of ketones is 1. The van der Waals surface area contributed by atoms with Gasteiger partial charge < -0.3 is 33.6 Å². The molecule has 39 heavy (non-hydrogen) atoms. The molecule has 1 amide bonds. The largest absolute Gasteiger partial charge is 0.493 e. The summed E-state index contributed by atoms with van der Waals surface area (Å²) in [6.45, 7) is 4.17. The summed E-state index contributed by atoms with van der Waals surface area (Å²) in [6, 6.07) is 6.65. The minimum absolute atomic E-state index is 0.0786. The van der Waals surface area contributed by atoms with Gasteiger partial charge in [-0.15, -0.1) is 0 Å². The van der Waals surface area contributed by atoms with E-state index in [2.05, 4.69) is 10.2 Å². The van der Waals surface area contributed by atoms with Crippen molar-refractivity contribution in [2.24, 2.45) is 0 Å². The van der Waals surface area contributed by atoms with Crippen LogP contribution in [0, 0.1) is 0 Å². The van der Waals surface area contributed by atoms with E-state index in [1.165, 1.54) is 14.2 Å². The molecule has 11 nitrogen and oxygen atoms in total. The monoisotopic (exact) mass is 535 g/mol. The van der Waals surface area contributed by atoms with E-state index >= 15 is 0 Å². The predicted octanol–water partition coefficient (Wildman–Crippen LogP) is 1.80. The number of nitrogens with one attached hydrogen (secondary N) is 1. The Hall–Kier alpha value is -4.09. The van der Waals surface area contributed by atoms with Crippen LogP contribution in [0.1, 0.15) is 22.3 Å². The molecule has 3 aromatic rings. The average molecular weight is 536 g/mol. The molecule has 0 unspecified atom stereocenters. The molecule has 3 aliphatic rings. The summed E-state index contributed by atoms with van der Waals surface area (Å²) in [5, 5.41) is 3.28. The summed E-state index contributed by atoms with van der Waals surface area (Å²) in [7, 11) is 2.98. The number of likely N-dealkylation sites (N-methyl/N-ethyl adjacent to an activating group) is 1. The number of hydrogen-bond acceptors (Lipinski definition) is 9. The summed E-state index contributed by atoms with van der Waals surface area (Å²) >= 11 is 0. The summed E-state index contributed by atoms with van der Waals surface area (Å²) in [5.41, 5.74) is 1.80. The number of rotatable bonds is 8. The molecule has 2 aliphatic heterocycles. The van der Waals surface area contributed by atoms with Gasteiger partial charge in [-0.1, -0.05) is 0 Å². The van der Waals surface area contributed by atoms with Crippen molar-refractivity contribution < 1.29 is 33.3 Å². The highest BCUT2D eigenvalue weighted by Gasteiger charge is 2.35. The molecule has 6 rings (SSSR count). The molecule has 204 valence electrons. The van der Waals surface area contributed by atoms with Crippen molar-refractivity contribution in [2.75, 3.05) is 60.4 Å². The van der Waals surface area contributed by atoms with Gasteiger partial charge in [-0.2, -0.15) is 0 Å². The number of hydrogen-bond donors (Lipinski definition) is 1. The van der Waals surface area contributed by atoms with E-state index in [4.69, 9.17) is 23.7 Å². The Kier molecular flexibility index (Phi) is 6.61. The van der Waals surface area contributed by atoms with Crippen molar-refractivity contribution in [2.45, 2.75) is 13.0 Å². The Morgan fingerprint density at radius 1 is 0.974 bits per heavy atom. The molecule has 0 spiro atoms. The molecule has 11 heteroatoms. The van der Waals surface area contributed by atoms with Gasteiger partial charge in [-0.3, -0.25) is 19.3 Å². The molecule has 1 N–H and O–H groups in total. The maximum atomic E-state index is 14.0. The summed E-state index contributed by atoms with van der Waals surface area (Å²) in [4.78, 5) is 42.0. The van der Waals surface area contributed by atoms with E-state index in [1.54, 1.807) is 28.8 Å². The quantitative estimate of drug-likeness (QED) is 0.360. The third kappa shape index (κ3) is 4.37. The lowest BCUT2D eigenvalue weighted by Crippen LogP contribution is -2.37. The van der Waals surface area contributed by atoms with Crippen LogP contribution in [0.15, 0.2) is 29.1 Å². The molecule has 2 aromatic carbocycles. The molecule has 1 saturated heterocycles. The minimum atomic E-state index is -0.323. The van der Waals surface area contributed by atoms with E-state index in [-0.39, 0.29) is 36.4 Å². The Morgan fingerprint density at radius 2 is 1.69 bits per heavy atom. The van der Waals surface area contributed by atoms with E-state index in [1.807, 2.05) is 0 Å². The fraction of sp³-hybridized carbons (Fsp3) is 0.393. The molecule has 1 aliphatic carbocycles. The maximum Gasteiger partial charge on any atom is 0.259 e. The summed E-state index contributed by atoms with van der Waals surface area (Å²) in [5.74, 6) is 1.05. The standard InChI is InChI=1S/C28H29N3O8/c1-29-24(32)14-37-21-10-16-19(13-20(21)35-2)28(34)31(5-3-4-30-6-8-36-9-7-30)26-17-11-22-23(39-15-38-22)12-18(17)27(33)25(16)26/h10-13H,3-9,14-15H2,1-2H3,(H,29,32). The van der Waals surface area contributed by atoms with Crippen LogP contribution in [-0.2, 0) is 16.1 Å². The number of aromatic nitrogens is 1. The second-order valence-corrected chi connectivity index (χ2v) is 9.58. The molecule has 1 fully saturated rings. The predicted molar refractivity (Wildman–Crippen MR) is 141 cm³/mol. The van der Waals surface area contributed by atoms with Gasteiger partial charge in [0.05, 0.1) is 37.0 Å². The van der Waals surface area contributed by atoms with Crippen LogP contribution in [0.3, 0.4) is 0 Å². The normalized spacial score (nSPS) is 15.8. The van der Waals surface area contributed by atoms with Crippen molar-refractivity contribution in [3.63, 3.8) is 0 Å². The zero-order chi connectivity index (χ0) is 27.1. The molecule has 0 bridgehead atoms. The first kappa shape index (κ1) is 25.2. The smallest absolute Gasteiger partial charge is 0.259 e. The summed E-state index contributed by atoms with van der Waals surface area (Å²) < 4.78 is 29.5. The first-order valence-corrected chi connectivity index (χ1v) is 12.9.